The van der Waals surface area contributed by atoms with Crippen LogP contribution in [0.15, 0.2) is 70.8 Å². The Labute approximate surface area is 199 Å². The van der Waals surface area contributed by atoms with Gasteiger partial charge in [0.25, 0.3) is 11.8 Å². The van der Waals surface area contributed by atoms with E-state index in [4.69, 9.17) is 13.9 Å². The number of furan rings is 1. The Morgan fingerprint density at radius 3 is 2.43 bits per heavy atom. The van der Waals surface area contributed by atoms with Crippen molar-refractivity contribution in [2.24, 2.45) is 0 Å². The second-order valence-corrected chi connectivity index (χ2v) is 7.27. The molecule has 7 nitrogen and oxygen atoms in total. The third kappa shape index (κ3) is 6.97. The number of hydrogen-bond donors (Lipinski definition) is 2. The van der Waals surface area contributed by atoms with E-state index in [0.29, 0.717) is 5.75 Å². The molecule has 35 heavy (non-hydrogen) atoms. The van der Waals surface area contributed by atoms with Gasteiger partial charge in [-0.15, -0.1) is 0 Å². The van der Waals surface area contributed by atoms with Crippen LogP contribution < -0.4 is 15.4 Å². The van der Waals surface area contributed by atoms with Crippen molar-refractivity contribution in [3.8, 4) is 17.1 Å². The van der Waals surface area contributed by atoms with Crippen LogP contribution in [-0.2, 0) is 15.7 Å². The number of ether oxygens (including phenoxy) is 2. The first-order chi connectivity index (χ1) is 16.7. The minimum absolute atomic E-state index is 0.119. The van der Waals surface area contributed by atoms with Gasteiger partial charge in [-0.1, -0.05) is 12.1 Å². The van der Waals surface area contributed by atoms with E-state index in [1.807, 2.05) is 0 Å². The van der Waals surface area contributed by atoms with Crippen LogP contribution in [0.4, 0.5) is 13.2 Å². The van der Waals surface area contributed by atoms with Crippen LogP contribution in [0.5, 0.6) is 5.75 Å². The smallest absolute Gasteiger partial charge is 0.416 e. The van der Waals surface area contributed by atoms with Crippen molar-refractivity contribution in [3.63, 3.8) is 0 Å². The summed E-state index contributed by atoms with van der Waals surface area (Å²) in [4.78, 5) is 25.4. The van der Waals surface area contributed by atoms with E-state index >= 15 is 0 Å². The molecule has 0 unspecified atom stereocenters. The van der Waals surface area contributed by atoms with E-state index < -0.39 is 23.6 Å². The lowest BCUT2D eigenvalue weighted by molar-refractivity contribution is -0.137. The Bertz CT molecular complexity index is 1200. The lowest BCUT2D eigenvalue weighted by atomic mass is 10.1. The standard InChI is InChI=1S/C25H23F3N2O5/c1-33-13-12-29-24(32)21(30-23(31)16-6-8-19(34-2)9-7-16)15-20-10-11-22(35-20)17-4-3-5-18(14-17)25(26,27)28/h3-11,14-15H,12-13H2,1-2H3,(H,29,32)(H,30,31). The number of amides is 2. The largest absolute Gasteiger partial charge is 0.497 e. The quantitative estimate of drug-likeness (QED) is 0.342. The van der Waals surface area contributed by atoms with Crippen LogP contribution >= 0.6 is 0 Å². The number of carbonyl (C=O) groups is 2. The van der Waals surface area contributed by atoms with Gasteiger partial charge >= 0.3 is 6.18 Å². The van der Waals surface area contributed by atoms with Gasteiger partial charge in [0.1, 0.15) is 23.0 Å². The van der Waals surface area contributed by atoms with Crippen LogP contribution in [0.3, 0.4) is 0 Å². The van der Waals surface area contributed by atoms with Gasteiger partial charge in [-0.2, -0.15) is 13.2 Å². The molecular formula is C25H23F3N2O5. The molecule has 2 N–H and O–H groups in total. The number of benzene rings is 2. The fraction of sp³-hybridized carbons (Fsp3) is 0.200. The van der Waals surface area contributed by atoms with Crippen molar-refractivity contribution >= 4 is 17.9 Å². The molecule has 0 aliphatic heterocycles. The summed E-state index contributed by atoms with van der Waals surface area (Å²) in [5.41, 5.74) is -0.432. The first-order valence-electron chi connectivity index (χ1n) is 10.4. The molecule has 0 saturated heterocycles. The monoisotopic (exact) mass is 488 g/mol. The average Bonchev–Trinajstić information content (AvgIpc) is 3.32. The van der Waals surface area contributed by atoms with E-state index in [1.54, 1.807) is 12.1 Å². The number of rotatable bonds is 9. The molecule has 0 aliphatic rings. The average molecular weight is 488 g/mol. The lowest BCUT2D eigenvalue weighted by Crippen LogP contribution is -2.36. The summed E-state index contributed by atoms with van der Waals surface area (Å²) in [7, 11) is 2.98. The summed E-state index contributed by atoms with van der Waals surface area (Å²) in [5, 5.41) is 5.15. The van der Waals surface area contributed by atoms with Gasteiger partial charge in [0.05, 0.1) is 19.3 Å². The molecule has 0 saturated carbocycles. The Hall–Kier alpha value is -4.05. The summed E-state index contributed by atoms with van der Waals surface area (Å²) in [6.45, 7) is 0.449. The zero-order chi connectivity index (χ0) is 25.4. The highest BCUT2D eigenvalue weighted by molar-refractivity contribution is 6.05. The minimum atomic E-state index is -4.50. The molecule has 2 aromatic carbocycles. The van der Waals surface area contributed by atoms with Crippen LogP contribution in [0.1, 0.15) is 21.7 Å². The van der Waals surface area contributed by atoms with Crippen molar-refractivity contribution in [1.29, 1.82) is 0 Å². The van der Waals surface area contributed by atoms with E-state index in [1.165, 1.54) is 56.7 Å². The normalized spacial score (nSPS) is 11.7. The van der Waals surface area contributed by atoms with Crippen LogP contribution in [0, 0.1) is 0 Å². The molecule has 2 amide bonds. The molecule has 0 atom stereocenters. The predicted octanol–water partition coefficient (Wildman–Crippen LogP) is 4.51. The molecule has 1 heterocycles. The van der Waals surface area contributed by atoms with Crippen molar-refractivity contribution in [2.75, 3.05) is 27.4 Å². The lowest BCUT2D eigenvalue weighted by Gasteiger charge is -2.11. The third-order valence-electron chi connectivity index (χ3n) is 4.82. The summed E-state index contributed by atoms with van der Waals surface area (Å²) >= 11 is 0. The van der Waals surface area contributed by atoms with E-state index in [0.717, 1.165) is 12.1 Å². The van der Waals surface area contributed by atoms with Crippen molar-refractivity contribution in [2.45, 2.75) is 6.18 Å². The van der Waals surface area contributed by atoms with Gasteiger partial charge in [-0.3, -0.25) is 9.59 Å². The molecule has 3 rings (SSSR count). The Kier molecular flexibility index (Phi) is 8.32. The number of hydrogen-bond acceptors (Lipinski definition) is 5. The summed E-state index contributed by atoms with van der Waals surface area (Å²) in [5.74, 6) is -0.258. The van der Waals surface area contributed by atoms with Gasteiger partial charge < -0.3 is 24.5 Å². The second kappa shape index (κ2) is 11.4. The topological polar surface area (TPSA) is 89.8 Å². The summed E-state index contributed by atoms with van der Waals surface area (Å²) in [6, 6.07) is 13.9. The van der Waals surface area contributed by atoms with Gasteiger partial charge in [0.2, 0.25) is 0 Å². The van der Waals surface area contributed by atoms with Crippen molar-refractivity contribution in [3.05, 3.63) is 83.2 Å². The highest BCUT2D eigenvalue weighted by Crippen LogP contribution is 2.32. The molecule has 0 aliphatic carbocycles. The predicted molar refractivity (Wildman–Crippen MR) is 122 cm³/mol. The highest BCUT2D eigenvalue weighted by atomic mass is 19.4. The van der Waals surface area contributed by atoms with E-state index in [9.17, 15) is 22.8 Å². The van der Waals surface area contributed by atoms with Crippen LogP contribution in [-0.4, -0.2) is 39.2 Å². The number of nitrogens with one attached hydrogen (secondary N) is 2. The molecule has 0 bridgehead atoms. The summed E-state index contributed by atoms with van der Waals surface area (Å²) in [6.07, 6.45) is -3.20. The molecule has 3 aromatic rings. The number of carbonyl (C=O) groups excluding carboxylic acids is 2. The maximum Gasteiger partial charge on any atom is 0.416 e. The Morgan fingerprint density at radius 2 is 1.77 bits per heavy atom. The second-order valence-electron chi connectivity index (χ2n) is 7.27. The maximum absolute atomic E-state index is 13.0. The molecule has 10 heteroatoms. The van der Waals surface area contributed by atoms with E-state index in [-0.39, 0.29) is 41.5 Å². The van der Waals surface area contributed by atoms with Gasteiger partial charge in [-0.05, 0) is 48.5 Å². The molecule has 0 fully saturated rings. The molecule has 0 radical (unpaired) electrons. The fourth-order valence-electron chi connectivity index (χ4n) is 3.03. The van der Waals surface area contributed by atoms with Crippen molar-refractivity contribution < 1.29 is 36.7 Å². The van der Waals surface area contributed by atoms with E-state index in [2.05, 4.69) is 10.6 Å². The van der Waals surface area contributed by atoms with Crippen LogP contribution in [0.2, 0.25) is 0 Å². The fourth-order valence-corrected chi connectivity index (χ4v) is 3.03. The summed E-state index contributed by atoms with van der Waals surface area (Å²) < 4.78 is 54.8. The molecule has 1 aromatic heterocycles. The van der Waals surface area contributed by atoms with Crippen molar-refractivity contribution in [1.82, 2.24) is 10.6 Å². The number of methoxy groups -OCH3 is 2. The molecule has 184 valence electrons. The first kappa shape index (κ1) is 25.6. The Morgan fingerprint density at radius 1 is 1.03 bits per heavy atom. The number of alkyl halides is 3. The van der Waals surface area contributed by atoms with Gasteiger partial charge in [0.15, 0.2) is 0 Å². The van der Waals surface area contributed by atoms with Crippen LogP contribution in [0.25, 0.3) is 17.4 Å². The maximum atomic E-state index is 13.0. The third-order valence-corrected chi connectivity index (χ3v) is 4.82. The van der Waals surface area contributed by atoms with Gasteiger partial charge in [0, 0.05) is 30.9 Å². The SMILES string of the molecule is COCCNC(=O)C(=Cc1ccc(-c2cccc(C(F)(F)F)c2)o1)NC(=O)c1ccc(OC)cc1. The molecule has 0 spiro atoms. The zero-order valence-electron chi connectivity index (χ0n) is 18.9. The number of halogens is 3. The minimum Gasteiger partial charge on any atom is -0.497 e. The Balaban J connectivity index is 1.86. The highest BCUT2D eigenvalue weighted by Gasteiger charge is 2.30. The zero-order valence-corrected chi connectivity index (χ0v) is 18.9. The first-order valence-corrected chi connectivity index (χ1v) is 10.4. The molecular weight excluding hydrogens is 465 g/mol. The van der Waals surface area contributed by atoms with Gasteiger partial charge in [-0.25, -0.2) is 0 Å².